The number of thiophene rings is 1. The molecule has 1 fully saturated rings. The van der Waals surface area contributed by atoms with Crippen LogP contribution >= 0.6 is 11.3 Å². The maximum atomic E-state index is 12.5. The lowest BCUT2D eigenvalue weighted by Crippen LogP contribution is -2.42. The molecule has 3 aromatic rings. The lowest BCUT2D eigenvalue weighted by Gasteiger charge is -2.32. The van der Waals surface area contributed by atoms with E-state index in [0.29, 0.717) is 50.1 Å². The lowest BCUT2D eigenvalue weighted by atomic mass is 10.2. The normalized spacial score (nSPS) is 17.4. The number of amides is 1. The summed E-state index contributed by atoms with van der Waals surface area (Å²) in [5.41, 5.74) is 0. The molecule has 8 nitrogen and oxygen atoms in total. The molecule has 4 rings (SSSR count). The average Bonchev–Trinajstić information content (AvgIpc) is 3.39. The summed E-state index contributed by atoms with van der Waals surface area (Å²) in [6.45, 7) is 1.73. The Bertz CT molecular complexity index is 852. The number of morpholine rings is 1. The van der Waals surface area contributed by atoms with Gasteiger partial charge >= 0.3 is 0 Å². The number of nitrogens with zero attached hydrogens (tertiary/aromatic N) is 5. The molecule has 1 saturated heterocycles. The van der Waals surface area contributed by atoms with Gasteiger partial charge in [0.1, 0.15) is 6.10 Å². The molecule has 4 heterocycles. The molecule has 0 saturated carbocycles. The first-order valence-electron chi connectivity index (χ1n) is 8.32. The molecule has 1 aliphatic rings. The van der Waals surface area contributed by atoms with Crippen molar-refractivity contribution in [3.63, 3.8) is 0 Å². The van der Waals surface area contributed by atoms with Crippen molar-refractivity contribution in [3.8, 4) is 11.6 Å². The number of hydrogen-bond acceptors (Lipinski definition) is 8. The molecule has 0 aromatic carbocycles. The van der Waals surface area contributed by atoms with Gasteiger partial charge < -0.3 is 14.2 Å². The van der Waals surface area contributed by atoms with Crippen molar-refractivity contribution < 1.29 is 14.1 Å². The number of hydrogen-bond donors (Lipinski definition) is 0. The molecule has 134 valence electrons. The first-order chi connectivity index (χ1) is 12.8. The Hall–Kier alpha value is -2.65. The van der Waals surface area contributed by atoms with E-state index >= 15 is 0 Å². The van der Waals surface area contributed by atoms with Crippen molar-refractivity contribution in [1.82, 2.24) is 25.0 Å². The van der Waals surface area contributed by atoms with Gasteiger partial charge in [-0.3, -0.25) is 4.79 Å². The van der Waals surface area contributed by atoms with E-state index in [1.54, 1.807) is 29.8 Å². The second-order valence-corrected chi connectivity index (χ2v) is 6.78. The third kappa shape index (κ3) is 3.78. The Morgan fingerprint density at radius 1 is 1.27 bits per heavy atom. The van der Waals surface area contributed by atoms with Crippen molar-refractivity contribution in [1.29, 1.82) is 0 Å². The SMILES string of the molecule is O=C(CCc1nc(-c2ncccn2)no1)N1CCOC(c2cccs2)C1. The standard InChI is InChI=1S/C17H17N5O3S/c23-15(22-8-9-24-12(11-22)13-3-1-10-26-13)5-4-14-20-17(21-25-14)16-18-6-2-7-19-16/h1-3,6-7,10,12H,4-5,8-9,11H2. The van der Waals surface area contributed by atoms with Crippen LogP contribution in [0.3, 0.4) is 0 Å². The summed E-state index contributed by atoms with van der Waals surface area (Å²) >= 11 is 1.65. The summed E-state index contributed by atoms with van der Waals surface area (Å²) in [5.74, 6) is 1.20. The Kier molecular flexibility index (Phi) is 4.98. The monoisotopic (exact) mass is 371 g/mol. The van der Waals surface area contributed by atoms with E-state index in [-0.39, 0.29) is 12.0 Å². The van der Waals surface area contributed by atoms with E-state index in [4.69, 9.17) is 9.26 Å². The highest BCUT2D eigenvalue weighted by Crippen LogP contribution is 2.26. The summed E-state index contributed by atoms with van der Waals surface area (Å²) in [5, 5.41) is 5.89. The fourth-order valence-corrected chi connectivity index (χ4v) is 3.52. The second-order valence-electron chi connectivity index (χ2n) is 5.80. The largest absolute Gasteiger partial charge is 0.369 e. The van der Waals surface area contributed by atoms with Crippen LogP contribution in [-0.4, -0.2) is 50.6 Å². The molecule has 9 heteroatoms. The molecule has 3 aromatic heterocycles. The summed E-state index contributed by atoms with van der Waals surface area (Å²) in [4.78, 5) is 27.9. The van der Waals surface area contributed by atoms with Crippen LogP contribution in [0.2, 0.25) is 0 Å². The maximum Gasteiger partial charge on any atom is 0.240 e. The van der Waals surface area contributed by atoms with E-state index in [2.05, 4.69) is 20.1 Å². The van der Waals surface area contributed by atoms with Crippen LogP contribution in [0.1, 0.15) is 23.3 Å². The number of aryl methyl sites for hydroxylation is 1. The minimum atomic E-state index is -0.0436. The second kappa shape index (κ2) is 7.71. The highest BCUT2D eigenvalue weighted by Gasteiger charge is 2.26. The Morgan fingerprint density at radius 3 is 2.96 bits per heavy atom. The van der Waals surface area contributed by atoms with Gasteiger partial charge in [-0.2, -0.15) is 4.98 Å². The molecule has 1 amide bonds. The van der Waals surface area contributed by atoms with Crippen LogP contribution < -0.4 is 0 Å². The zero-order valence-corrected chi connectivity index (χ0v) is 14.8. The number of carbonyl (C=O) groups is 1. The predicted octanol–water partition coefficient (Wildman–Crippen LogP) is 2.12. The van der Waals surface area contributed by atoms with Crippen LogP contribution in [0.4, 0.5) is 0 Å². The number of aromatic nitrogens is 4. The van der Waals surface area contributed by atoms with Gasteiger partial charge in [-0.25, -0.2) is 9.97 Å². The summed E-state index contributed by atoms with van der Waals surface area (Å²) in [6.07, 6.45) is 3.89. The molecule has 1 atom stereocenters. The van der Waals surface area contributed by atoms with E-state index in [0.717, 1.165) is 4.88 Å². The Morgan fingerprint density at radius 2 is 2.15 bits per heavy atom. The van der Waals surface area contributed by atoms with E-state index in [9.17, 15) is 4.79 Å². The van der Waals surface area contributed by atoms with Gasteiger partial charge in [0, 0.05) is 36.7 Å². The molecule has 26 heavy (non-hydrogen) atoms. The third-order valence-electron chi connectivity index (χ3n) is 4.07. The first-order valence-corrected chi connectivity index (χ1v) is 9.20. The van der Waals surface area contributed by atoms with Gasteiger partial charge in [-0.1, -0.05) is 11.2 Å². The minimum Gasteiger partial charge on any atom is -0.369 e. The van der Waals surface area contributed by atoms with E-state index < -0.39 is 0 Å². The fourth-order valence-electron chi connectivity index (χ4n) is 2.76. The molecule has 0 spiro atoms. The first kappa shape index (κ1) is 16.8. The number of rotatable bonds is 5. The van der Waals surface area contributed by atoms with Crippen LogP contribution in [-0.2, 0) is 16.0 Å². The van der Waals surface area contributed by atoms with Gasteiger partial charge in [0.05, 0.1) is 13.2 Å². The van der Waals surface area contributed by atoms with Crippen molar-refractivity contribution in [3.05, 3.63) is 46.7 Å². The zero-order valence-electron chi connectivity index (χ0n) is 13.9. The van der Waals surface area contributed by atoms with Crippen LogP contribution in [0, 0.1) is 0 Å². The molecular formula is C17H17N5O3S. The van der Waals surface area contributed by atoms with Crippen LogP contribution in [0.25, 0.3) is 11.6 Å². The van der Waals surface area contributed by atoms with Gasteiger partial charge in [0.25, 0.3) is 0 Å². The number of carbonyl (C=O) groups excluding carboxylic acids is 1. The van der Waals surface area contributed by atoms with E-state index in [1.165, 1.54) is 0 Å². The number of ether oxygens (including phenoxy) is 1. The molecule has 0 aliphatic carbocycles. The molecule has 0 N–H and O–H groups in total. The van der Waals surface area contributed by atoms with Gasteiger partial charge in [-0.05, 0) is 17.5 Å². The highest BCUT2D eigenvalue weighted by atomic mass is 32.1. The highest BCUT2D eigenvalue weighted by molar-refractivity contribution is 7.10. The Labute approximate surface area is 153 Å². The summed E-state index contributed by atoms with van der Waals surface area (Å²) in [6, 6.07) is 5.75. The average molecular weight is 371 g/mol. The molecular weight excluding hydrogens is 354 g/mol. The van der Waals surface area contributed by atoms with Gasteiger partial charge in [-0.15, -0.1) is 11.3 Å². The summed E-state index contributed by atoms with van der Waals surface area (Å²) in [7, 11) is 0. The molecule has 0 radical (unpaired) electrons. The van der Waals surface area contributed by atoms with Crippen LogP contribution in [0.5, 0.6) is 0 Å². The molecule has 1 aliphatic heterocycles. The maximum absolute atomic E-state index is 12.5. The predicted molar refractivity (Wildman–Crippen MR) is 93.2 cm³/mol. The third-order valence-corrected chi connectivity index (χ3v) is 5.03. The van der Waals surface area contributed by atoms with E-state index in [1.807, 2.05) is 22.4 Å². The fraction of sp³-hybridized carbons (Fsp3) is 0.353. The quantitative estimate of drug-likeness (QED) is 0.678. The Balaban J connectivity index is 1.33. The van der Waals surface area contributed by atoms with Crippen molar-refractivity contribution >= 4 is 17.2 Å². The van der Waals surface area contributed by atoms with Crippen molar-refractivity contribution in [2.24, 2.45) is 0 Å². The zero-order chi connectivity index (χ0) is 17.8. The minimum absolute atomic E-state index is 0.0436. The molecule has 1 unspecified atom stereocenters. The lowest BCUT2D eigenvalue weighted by molar-refractivity contribution is -0.138. The van der Waals surface area contributed by atoms with Crippen molar-refractivity contribution in [2.45, 2.75) is 18.9 Å². The van der Waals surface area contributed by atoms with Gasteiger partial charge in [0.15, 0.2) is 0 Å². The molecule has 0 bridgehead atoms. The smallest absolute Gasteiger partial charge is 0.240 e. The van der Waals surface area contributed by atoms with Crippen LogP contribution in [0.15, 0.2) is 40.5 Å². The summed E-state index contributed by atoms with van der Waals surface area (Å²) < 4.78 is 11.0. The van der Waals surface area contributed by atoms with Crippen molar-refractivity contribution in [2.75, 3.05) is 19.7 Å². The van der Waals surface area contributed by atoms with Gasteiger partial charge in [0.2, 0.25) is 23.4 Å². The topological polar surface area (TPSA) is 94.2 Å².